The van der Waals surface area contributed by atoms with Crippen LogP contribution in [0, 0.1) is 12.8 Å². The van der Waals surface area contributed by atoms with Crippen LogP contribution in [0.5, 0.6) is 0 Å². The molecule has 1 aliphatic rings. The monoisotopic (exact) mass is 478 g/mol. The number of benzene rings is 1. The number of aromatic nitrogens is 6. The molecule has 1 saturated carbocycles. The first-order chi connectivity index (χ1) is 17.4. The third-order valence-corrected chi connectivity index (χ3v) is 6.80. The quantitative estimate of drug-likeness (QED) is 0.368. The van der Waals surface area contributed by atoms with Crippen LogP contribution in [-0.2, 0) is 18.9 Å². The van der Waals surface area contributed by atoms with E-state index < -0.39 is 0 Å². The number of nitrogens with two attached hydrogens (primary N) is 1. The normalized spacial score (nSPS) is 16.9. The van der Waals surface area contributed by atoms with Crippen LogP contribution in [0.15, 0.2) is 61.3 Å². The van der Waals surface area contributed by atoms with Crippen molar-refractivity contribution in [2.45, 2.75) is 19.3 Å². The molecule has 5 aromatic rings. The van der Waals surface area contributed by atoms with E-state index in [1.54, 1.807) is 21.8 Å². The van der Waals surface area contributed by atoms with Crippen LogP contribution in [-0.4, -0.2) is 35.4 Å². The molecule has 0 radical (unpaired) electrons. The number of pyridine rings is 2. The number of fused-ring (bicyclic) bond motifs is 1. The van der Waals surface area contributed by atoms with Gasteiger partial charge >= 0.3 is 0 Å². The predicted molar refractivity (Wildman–Crippen MR) is 139 cm³/mol. The van der Waals surface area contributed by atoms with Crippen molar-refractivity contribution in [3.8, 4) is 22.5 Å². The van der Waals surface area contributed by atoms with Gasteiger partial charge in [-0.15, -0.1) is 0 Å². The number of hydrogen-bond donors (Lipinski definition) is 2. The first-order valence-corrected chi connectivity index (χ1v) is 11.8. The Bertz CT molecular complexity index is 1630. The van der Waals surface area contributed by atoms with E-state index in [0.717, 1.165) is 50.8 Å². The summed E-state index contributed by atoms with van der Waals surface area (Å²) in [4.78, 5) is 22.0. The number of nitrogens with one attached hydrogen (secondary N) is 1. The van der Waals surface area contributed by atoms with Gasteiger partial charge in [0.2, 0.25) is 5.91 Å². The second-order valence-electron chi connectivity index (χ2n) is 9.47. The lowest BCUT2D eigenvalue weighted by Crippen LogP contribution is -2.15. The Morgan fingerprint density at radius 3 is 2.72 bits per heavy atom. The summed E-state index contributed by atoms with van der Waals surface area (Å²) in [5, 5.41) is 13.5. The summed E-state index contributed by atoms with van der Waals surface area (Å²) < 4.78 is 3.52. The smallest absolute Gasteiger partial charge is 0.229 e. The van der Waals surface area contributed by atoms with E-state index in [0.29, 0.717) is 11.5 Å². The summed E-state index contributed by atoms with van der Waals surface area (Å²) in [5.41, 5.74) is 12.7. The molecule has 0 unspecified atom stereocenters. The molecule has 36 heavy (non-hydrogen) atoms. The maximum Gasteiger partial charge on any atom is 0.229 e. The second kappa shape index (κ2) is 8.30. The minimum absolute atomic E-state index is 0.0274. The number of nitrogen functional groups attached to an aromatic ring is 1. The minimum Gasteiger partial charge on any atom is -0.398 e. The average molecular weight is 479 g/mol. The highest BCUT2D eigenvalue weighted by Crippen LogP contribution is 2.48. The molecule has 1 aliphatic carbocycles. The second-order valence-corrected chi connectivity index (χ2v) is 9.47. The highest BCUT2D eigenvalue weighted by atomic mass is 16.2. The van der Waals surface area contributed by atoms with Crippen molar-refractivity contribution in [3.63, 3.8) is 0 Å². The van der Waals surface area contributed by atoms with Crippen molar-refractivity contribution in [1.29, 1.82) is 0 Å². The number of hydrogen-bond acceptors (Lipinski definition) is 6. The zero-order valence-electron chi connectivity index (χ0n) is 20.3. The fourth-order valence-corrected chi connectivity index (χ4v) is 4.86. The molecular formula is C27H26N8O. The third kappa shape index (κ3) is 3.88. The maximum atomic E-state index is 12.9. The van der Waals surface area contributed by atoms with E-state index in [1.165, 1.54) is 0 Å². The molecule has 0 aliphatic heterocycles. The molecule has 1 fully saturated rings. The molecular weight excluding hydrogens is 452 g/mol. The van der Waals surface area contributed by atoms with Crippen molar-refractivity contribution >= 4 is 28.2 Å². The summed E-state index contributed by atoms with van der Waals surface area (Å²) in [5.74, 6) is 0.621. The Hall–Kier alpha value is -4.53. The van der Waals surface area contributed by atoms with E-state index in [4.69, 9.17) is 5.73 Å². The van der Waals surface area contributed by atoms with E-state index in [1.807, 2.05) is 57.0 Å². The number of rotatable bonds is 5. The Morgan fingerprint density at radius 2 is 1.97 bits per heavy atom. The molecule has 2 atom stereocenters. The first-order valence-electron chi connectivity index (χ1n) is 11.8. The standard InChI is InChI=1S/C27H26N8O/c1-15-4-6-29-26(23-5-7-34(2)33-23)25(15)17-8-16-10-24(30-13-21(16)22(28)9-17)32-27(36)20-11-19(20)18-12-31-35(3)14-18/h4-10,12-14,19-20H,11,28H2,1-3H3,(H,30,32,36)/t19-,20+/m1/s1. The van der Waals surface area contributed by atoms with Crippen LogP contribution in [0.4, 0.5) is 11.5 Å². The molecule has 4 heterocycles. The molecule has 9 heteroatoms. The van der Waals surface area contributed by atoms with E-state index >= 15 is 0 Å². The molecule has 0 saturated heterocycles. The van der Waals surface area contributed by atoms with Gasteiger partial charge in [-0.05, 0) is 71.7 Å². The molecule has 6 rings (SSSR count). The Kier molecular flexibility index (Phi) is 5.06. The Balaban J connectivity index is 1.33. The van der Waals surface area contributed by atoms with Gasteiger partial charge in [0.15, 0.2) is 0 Å². The lowest BCUT2D eigenvalue weighted by molar-refractivity contribution is -0.117. The Labute approximate surface area is 208 Å². The average Bonchev–Trinajstić information content (AvgIpc) is 3.35. The largest absolute Gasteiger partial charge is 0.398 e. The van der Waals surface area contributed by atoms with Gasteiger partial charge in [0.05, 0.1) is 11.9 Å². The van der Waals surface area contributed by atoms with Gasteiger partial charge in [-0.25, -0.2) is 4.98 Å². The number of carbonyl (C=O) groups excluding carboxylic acids is 1. The summed E-state index contributed by atoms with van der Waals surface area (Å²) >= 11 is 0. The van der Waals surface area contributed by atoms with Crippen molar-refractivity contribution in [2.75, 3.05) is 11.1 Å². The van der Waals surface area contributed by atoms with Crippen LogP contribution in [0.25, 0.3) is 33.3 Å². The van der Waals surface area contributed by atoms with E-state index in [2.05, 4.69) is 38.5 Å². The van der Waals surface area contributed by atoms with Crippen LogP contribution in [0.3, 0.4) is 0 Å². The number of nitrogens with zero attached hydrogens (tertiary/aromatic N) is 6. The first kappa shape index (κ1) is 22.0. The number of aryl methyl sites for hydroxylation is 3. The molecule has 180 valence electrons. The summed E-state index contributed by atoms with van der Waals surface area (Å²) in [6, 6.07) is 9.82. The Morgan fingerprint density at radius 1 is 1.11 bits per heavy atom. The molecule has 1 amide bonds. The fourth-order valence-electron chi connectivity index (χ4n) is 4.86. The molecule has 9 nitrogen and oxygen atoms in total. The van der Waals surface area contributed by atoms with Gasteiger partial charge in [0.1, 0.15) is 11.5 Å². The zero-order chi connectivity index (χ0) is 25.0. The third-order valence-electron chi connectivity index (χ3n) is 6.80. The predicted octanol–water partition coefficient (Wildman–Crippen LogP) is 4.06. The van der Waals surface area contributed by atoms with Crippen LogP contribution in [0.2, 0.25) is 0 Å². The van der Waals surface area contributed by atoms with E-state index in [-0.39, 0.29) is 17.7 Å². The van der Waals surface area contributed by atoms with Crippen molar-refractivity contribution in [2.24, 2.45) is 20.0 Å². The molecule has 0 spiro atoms. The van der Waals surface area contributed by atoms with Crippen LogP contribution >= 0.6 is 0 Å². The number of anilines is 2. The number of amides is 1. The molecule has 0 bridgehead atoms. The zero-order valence-corrected chi connectivity index (χ0v) is 20.3. The van der Waals surface area contributed by atoms with Gasteiger partial charge in [-0.3, -0.25) is 19.1 Å². The topological polar surface area (TPSA) is 117 Å². The summed E-state index contributed by atoms with van der Waals surface area (Å²) in [7, 11) is 3.77. The van der Waals surface area contributed by atoms with Crippen molar-refractivity contribution in [3.05, 3.63) is 72.4 Å². The summed E-state index contributed by atoms with van der Waals surface area (Å²) in [6.45, 7) is 2.05. The van der Waals surface area contributed by atoms with Gasteiger partial charge < -0.3 is 11.1 Å². The maximum absolute atomic E-state index is 12.9. The lowest BCUT2D eigenvalue weighted by Gasteiger charge is -2.14. The van der Waals surface area contributed by atoms with Crippen LogP contribution in [0.1, 0.15) is 23.5 Å². The molecule has 4 aromatic heterocycles. The molecule has 3 N–H and O–H groups in total. The van der Waals surface area contributed by atoms with Gasteiger partial charge in [0.25, 0.3) is 0 Å². The highest BCUT2D eigenvalue weighted by Gasteiger charge is 2.44. The molecule has 1 aromatic carbocycles. The minimum atomic E-state index is -0.0675. The lowest BCUT2D eigenvalue weighted by atomic mass is 9.95. The SMILES string of the molecule is Cc1ccnc(-c2ccn(C)n2)c1-c1cc(N)c2cnc(NC(=O)[C@H]3C[C@@H]3c3cnn(C)c3)cc2c1. The van der Waals surface area contributed by atoms with Gasteiger partial charge in [-0.2, -0.15) is 10.2 Å². The van der Waals surface area contributed by atoms with Crippen LogP contribution < -0.4 is 11.1 Å². The van der Waals surface area contributed by atoms with Gasteiger partial charge in [0, 0.05) is 61.4 Å². The number of carbonyl (C=O) groups is 1. The highest BCUT2D eigenvalue weighted by molar-refractivity contribution is 6.01. The van der Waals surface area contributed by atoms with Crippen molar-refractivity contribution in [1.82, 2.24) is 29.5 Å². The van der Waals surface area contributed by atoms with Crippen molar-refractivity contribution < 1.29 is 4.79 Å². The fraction of sp³-hybridized carbons (Fsp3) is 0.222. The van der Waals surface area contributed by atoms with E-state index in [9.17, 15) is 4.79 Å². The van der Waals surface area contributed by atoms with Gasteiger partial charge in [-0.1, -0.05) is 0 Å². The summed E-state index contributed by atoms with van der Waals surface area (Å²) in [6.07, 6.45) is 10.0.